The molecule has 6 rings (SSSR count). The third-order valence-corrected chi connectivity index (χ3v) is 9.04. The molecule has 0 aliphatic carbocycles. The van der Waals surface area contributed by atoms with Crippen LogP contribution in [0.1, 0.15) is 43.7 Å². The smallest absolute Gasteiger partial charge is 0.417 e. The van der Waals surface area contributed by atoms with Crippen molar-refractivity contribution in [2.45, 2.75) is 63.5 Å². The molecule has 248 valence electrons. The fourth-order valence-electron chi connectivity index (χ4n) is 6.95. The maximum absolute atomic E-state index is 16.6. The summed E-state index contributed by atoms with van der Waals surface area (Å²) in [5.41, 5.74) is 0.0731. The Hall–Kier alpha value is -3.85. The molecule has 9 nitrogen and oxygen atoms in total. The molecule has 5 heterocycles. The molecular weight excluding hydrogens is 616 g/mol. The van der Waals surface area contributed by atoms with Crippen molar-refractivity contribution in [3.8, 4) is 23.1 Å². The molecule has 0 bridgehead atoms. The van der Waals surface area contributed by atoms with Crippen molar-refractivity contribution in [1.29, 1.82) is 0 Å². The highest BCUT2D eigenvalue weighted by Crippen LogP contribution is 2.46. The quantitative estimate of drug-likeness (QED) is 0.180. The molecule has 2 unspecified atom stereocenters. The largest absolute Gasteiger partial charge is 0.474 e. The molecule has 1 aromatic carbocycles. The van der Waals surface area contributed by atoms with Gasteiger partial charge in [0, 0.05) is 19.5 Å². The number of aromatic nitrogens is 3. The summed E-state index contributed by atoms with van der Waals surface area (Å²) >= 11 is 0. The second-order valence-corrected chi connectivity index (χ2v) is 12.3. The Morgan fingerprint density at radius 1 is 1.24 bits per heavy atom. The van der Waals surface area contributed by atoms with Gasteiger partial charge >= 0.3 is 12.2 Å². The monoisotopic (exact) mass is 651 g/mol. The predicted molar refractivity (Wildman–Crippen MR) is 160 cm³/mol. The van der Waals surface area contributed by atoms with Gasteiger partial charge in [0.15, 0.2) is 11.6 Å². The molecule has 3 aromatic rings. The van der Waals surface area contributed by atoms with Crippen molar-refractivity contribution in [1.82, 2.24) is 25.2 Å². The van der Waals surface area contributed by atoms with E-state index < -0.39 is 69.2 Å². The predicted octanol–water partition coefficient (Wildman–Crippen LogP) is 5.77. The van der Waals surface area contributed by atoms with Crippen molar-refractivity contribution in [2.24, 2.45) is 5.92 Å². The highest BCUT2D eigenvalue weighted by atomic mass is 19.4. The molecule has 2 fully saturated rings. The number of rotatable bonds is 5. The van der Waals surface area contributed by atoms with Crippen molar-refractivity contribution in [3.63, 3.8) is 0 Å². The molecule has 2 aromatic heterocycles. The highest BCUT2D eigenvalue weighted by molar-refractivity contribution is 5.96. The number of alkyl halides is 4. The summed E-state index contributed by atoms with van der Waals surface area (Å²) < 4.78 is 102. The molecule has 3 aliphatic heterocycles. The van der Waals surface area contributed by atoms with Crippen LogP contribution >= 0.6 is 0 Å². The van der Waals surface area contributed by atoms with Gasteiger partial charge < -0.3 is 20.5 Å². The number of nitrogen functional groups attached to an aromatic ring is 1. The average Bonchev–Trinajstić information content (AvgIpc) is 3.50. The van der Waals surface area contributed by atoms with Gasteiger partial charge in [-0.3, -0.25) is 10.2 Å². The van der Waals surface area contributed by atoms with Crippen molar-refractivity contribution in [2.75, 3.05) is 44.0 Å². The second kappa shape index (κ2) is 12.1. The van der Waals surface area contributed by atoms with Crippen LogP contribution in [0.2, 0.25) is 0 Å². The number of pyridine rings is 1. The zero-order chi connectivity index (χ0) is 33.0. The van der Waals surface area contributed by atoms with Gasteiger partial charge in [0.25, 0.3) is 0 Å². The van der Waals surface area contributed by atoms with Crippen LogP contribution < -0.4 is 25.8 Å². The third-order valence-electron chi connectivity index (χ3n) is 9.04. The van der Waals surface area contributed by atoms with Crippen LogP contribution in [0.5, 0.6) is 11.9 Å². The summed E-state index contributed by atoms with van der Waals surface area (Å²) in [6.07, 6.45) is -2.73. The zero-order valence-corrected chi connectivity index (χ0v) is 25.4. The number of fused-ring (bicyclic) bond motifs is 1. The van der Waals surface area contributed by atoms with Gasteiger partial charge in [0.1, 0.15) is 35.2 Å². The summed E-state index contributed by atoms with van der Waals surface area (Å²) in [6.45, 7) is 8.32. The van der Waals surface area contributed by atoms with Crippen LogP contribution in [-0.4, -0.2) is 70.6 Å². The molecule has 46 heavy (non-hydrogen) atoms. The molecular formula is C31H35F6N7O2. The Labute approximate surface area is 261 Å². The van der Waals surface area contributed by atoms with Crippen LogP contribution in [0.15, 0.2) is 18.7 Å². The molecule has 0 amide bonds. The summed E-state index contributed by atoms with van der Waals surface area (Å²) in [6, 6.07) is 0.540. The van der Waals surface area contributed by atoms with Gasteiger partial charge in [-0.25, -0.2) is 18.2 Å². The van der Waals surface area contributed by atoms with Crippen molar-refractivity contribution >= 4 is 22.4 Å². The van der Waals surface area contributed by atoms with E-state index in [0.29, 0.717) is 25.9 Å². The fourth-order valence-corrected chi connectivity index (χ4v) is 6.95. The molecule has 4 N–H and O–H groups in total. The van der Waals surface area contributed by atoms with Crippen LogP contribution in [0, 0.1) is 24.5 Å². The first kappa shape index (κ1) is 32.1. The van der Waals surface area contributed by atoms with E-state index in [1.54, 1.807) is 13.0 Å². The molecule has 15 heteroatoms. The number of benzene rings is 1. The van der Waals surface area contributed by atoms with E-state index in [4.69, 9.17) is 15.2 Å². The Balaban J connectivity index is 1.56. The van der Waals surface area contributed by atoms with Crippen molar-refractivity contribution in [3.05, 3.63) is 41.5 Å². The number of aryl methyl sites for hydroxylation is 1. The first-order valence-corrected chi connectivity index (χ1v) is 15.1. The minimum absolute atomic E-state index is 0.0127. The van der Waals surface area contributed by atoms with E-state index in [9.17, 15) is 17.6 Å². The minimum atomic E-state index is -5.08. The molecule has 2 saturated heterocycles. The standard InChI is InChI=1S/C31H35F6N7O2/c1-4-17-9-16(3)46-28-21-26(24(34)25(41-28)20-22(31(35,36)37)15(2)8-19(38)23(20)33)42-29(43-27(21)40-14-39-11-17)45-13-30-6-5-7-44(30)12-18(32)10-30/h4,8,16-18,39H,1,5-7,9-14,38H2,2-3H3,(H,40,42,43)/t16-,17?,18+,30?/m0/s1. The van der Waals surface area contributed by atoms with Gasteiger partial charge in [0.2, 0.25) is 5.88 Å². The van der Waals surface area contributed by atoms with Crippen LogP contribution in [0.4, 0.5) is 37.8 Å². The van der Waals surface area contributed by atoms with Gasteiger partial charge in [-0.2, -0.15) is 23.1 Å². The first-order chi connectivity index (χ1) is 21.8. The number of hydrogen-bond acceptors (Lipinski definition) is 9. The topological polar surface area (TPSA) is 110 Å². The van der Waals surface area contributed by atoms with E-state index >= 15 is 8.78 Å². The highest BCUT2D eigenvalue weighted by Gasteiger charge is 2.49. The number of nitrogens with one attached hydrogen (secondary N) is 2. The number of nitrogens with two attached hydrogens (primary N) is 1. The van der Waals surface area contributed by atoms with Gasteiger partial charge in [-0.15, -0.1) is 6.58 Å². The van der Waals surface area contributed by atoms with Gasteiger partial charge in [-0.1, -0.05) is 6.08 Å². The summed E-state index contributed by atoms with van der Waals surface area (Å²) in [4.78, 5) is 14.9. The minimum Gasteiger partial charge on any atom is -0.474 e. The van der Waals surface area contributed by atoms with Crippen molar-refractivity contribution < 1.29 is 35.8 Å². The molecule has 4 atom stereocenters. The zero-order valence-electron chi connectivity index (χ0n) is 25.4. The summed E-state index contributed by atoms with van der Waals surface area (Å²) in [7, 11) is 0. The lowest BCUT2D eigenvalue weighted by molar-refractivity contribution is -0.137. The summed E-state index contributed by atoms with van der Waals surface area (Å²) in [5, 5.41) is 6.19. The van der Waals surface area contributed by atoms with E-state index in [1.165, 1.54) is 0 Å². The number of nitrogens with zero attached hydrogens (tertiary/aromatic N) is 4. The average molecular weight is 652 g/mol. The molecule has 0 radical (unpaired) electrons. The van der Waals surface area contributed by atoms with E-state index in [2.05, 4.69) is 32.2 Å². The van der Waals surface area contributed by atoms with E-state index in [0.717, 1.165) is 19.4 Å². The van der Waals surface area contributed by atoms with Crippen LogP contribution in [0.3, 0.4) is 0 Å². The SMILES string of the molecule is C=CC1CNCNc2nc(OCC34CCCN3C[C@H](F)C4)nc3c(F)c(-c4c(F)c(N)cc(C)c4C(F)(F)F)nc(c23)O[C@@H](C)C1. The maximum atomic E-state index is 16.6. The normalized spacial score (nSPS) is 25.4. The second-order valence-electron chi connectivity index (χ2n) is 12.3. The first-order valence-electron chi connectivity index (χ1n) is 15.1. The number of anilines is 2. The third kappa shape index (κ3) is 5.78. The fraction of sp³-hybridized carbons (Fsp3) is 0.516. The Morgan fingerprint density at radius 2 is 2.02 bits per heavy atom. The Morgan fingerprint density at radius 3 is 2.76 bits per heavy atom. The number of halogens is 6. The molecule has 0 spiro atoms. The molecule has 3 aliphatic rings. The number of hydrogen-bond donors (Lipinski definition) is 3. The Bertz CT molecular complexity index is 1670. The van der Waals surface area contributed by atoms with Crippen LogP contribution in [0.25, 0.3) is 22.2 Å². The van der Waals surface area contributed by atoms with Gasteiger partial charge in [-0.05, 0) is 57.2 Å². The summed E-state index contributed by atoms with van der Waals surface area (Å²) in [5.74, 6) is -3.18. The number of ether oxygens (including phenoxy) is 2. The van der Waals surface area contributed by atoms with Gasteiger partial charge in [0.05, 0.1) is 35.1 Å². The lowest BCUT2D eigenvalue weighted by atomic mass is 9.95. The lowest BCUT2D eigenvalue weighted by Gasteiger charge is -2.30. The lowest BCUT2D eigenvalue weighted by Crippen LogP contribution is -2.43. The maximum Gasteiger partial charge on any atom is 0.417 e. The molecule has 0 saturated carbocycles. The Kier molecular flexibility index (Phi) is 8.42. The van der Waals surface area contributed by atoms with Crippen LogP contribution in [-0.2, 0) is 6.18 Å². The van der Waals surface area contributed by atoms with E-state index in [1.807, 2.05) is 4.90 Å². The van der Waals surface area contributed by atoms with E-state index in [-0.39, 0.29) is 55.3 Å².